The Hall–Kier alpha value is -3.25. The van der Waals surface area contributed by atoms with Crippen molar-refractivity contribution in [3.63, 3.8) is 0 Å². The van der Waals surface area contributed by atoms with E-state index in [2.05, 4.69) is 5.32 Å². The predicted octanol–water partition coefficient (Wildman–Crippen LogP) is 4.49. The molecule has 1 aliphatic carbocycles. The van der Waals surface area contributed by atoms with Crippen LogP contribution in [-0.2, 0) is 9.53 Å². The number of ether oxygens (including phenoxy) is 3. The SMILES string of the molecule is CCOc1cc(C2C(C(=O)OC)=C(C)NC3=C2C(=O)c2ccccc23)c(Cl)cc1OC. The lowest BCUT2D eigenvalue weighted by atomic mass is 9.79. The molecule has 0 saturated carbocycles. The smallest absolute Gasteiger partial charge is 0.336 e. The lowest BCUT2D eigenvalue weighted by Gasteiger charge is -2.30. The molecule has 2 aromatic rings. The topological polar surface area (TPSA) is 73.9 Å². The Kier molecular flexibility index (Phi) is 5.50. The van der Waals surface area contributed by atoms with Crippen LogP contribution in [0.3, 0.4) is 0 Å². The van der Waals surface area contributed by atoms with Gasteiger partial charge in [-0.1, -0.05) is 35.9 Å². The van der Waals surface area contributed by atoms with Gasteiger partial charge < -0.3 is 19.5 Å². The highest BCUT2D eigenvalue weighted by atomic mass is 35.5. The number of nitrogens with one attached hydrogen (secondary N) is 1. The largest absolute Gasteiger partial charge is 0.493 e. The van der Waals surface area contributed by atoms with E-state index in [-0.39, 0.29) is 5.78 Å². The fourth-order valence-electron chi connectivity index (χ4n) is 4.22. The minimum Gasteiger partial charge on any atom is -0.493 e. The number of dihydropyridines is 1. The summed E-state index contributed by atoms with van der Waals surface area (Å²) in [7, 11) is 2.84. The van der Waals surface area contributed by atoms with E-state index in [9.17, 15) is 9.59 Å². The first kappa shape index (κ1) is 21.0. The van der Waals surface area contributed by atoms with E-state index >= 15 is 0 Å². The molecule has 160 valence electrons. The summed E-state index contributed by atoms with van der Waals surface area (Å²) in [5, 5.41) is 3.61. The number of allylic oxidation sites excluding steroid dienone is 2. The Morgan fingerprint density at radius 1 is 1.13 bits per heavy atom. The summed E-state index contributed by atoms with van der Waals surface area (Å²) in [5.74, 6) is -0.451. The van der Waals surface area contributed by atoms with Crippen molar-refractivity contribution < 1.29 is 23.8 Å². The molecule has 6 nitrogen and oxygen atoms in total. The number of Topliss-reactive ketones (excluding diaryl/α,β-unsaturated/α-hetero) is 1. The first-order chi connectivity index (χ1) is 14.9. The second-order valence-corrected chi connectivity index (χ2v) is 7.62. The molecule has 31 heavy (non-hydrogen) atoms. The van der Waals surface area contributed by atoms with E-state index < -0.39 is 11.9 Å². The molecule has 0 bridgehead atoms. The zero-order valence-electron chi connectivity index (χ0n) is 17.7. The number of rotatable bonds is 5. The molecular weight excluding hydrogens is 418 g/mol. The van der Waals surface area contributed by atoms with Crippen LogP contribution in [0.4, 0.5) is 0 Å². The van der Waals surface area contributed by atoms with Crippen LogP contribution in [0.2, 0.25) is 5.02 Å². The molecule has 0 spiro atoms. The Labute approximate surface area is 185 Å². The molecule has 2 aliphatic rings. The van der Waals surface area contributed by atoms with Crippen molar-refractivity contribution in [2.45, 2.75) is 19.8 Å². The third-order valence-corrected chi connectivity index (χ3v) is 5.88. The lowest BCUT2D eigenvalue weighted by Crippen LogP contribution is -2.29. The number of esters is 1. The van der Waals surface area contributed by atoms with Crippen molar-refractivity contribution in [3.05, 3.63) is 75.0 Å². The van der Waals surface area contributed by atoms with E-state index in [0.717, 1.165) is 5.56 Å². The van der Waals surface area contributed by atoms with Crippen LogP contribution in [0, 0.1) is 0 Å². The molecule has 1 unspecified atom stereocenters. The molecule has 0 saturated heterocycles. The minimum absolute atomic E-state index is 0.151. The van der Waals surface area contributed by atoms with Gasteiger partial charge in [-0.05, 0) is 25.5 Å². The summed E-state index contributed by atoms with van der Waals surface area (Å²) in [4.78, 5) is 26.3. The lowest BCUT2D eigenvalue weighted by molar-refractivity contribution is -0.136. The molecule has 0 aromatic heterocycles. The summed E-state index contributed by atoms with van der Waals surface area (Å²) >= 11 is 6.66. The van der Waals surface area contributed by atoms with E-state index in [1.807, 2.05) is 25.1 Å². The Morgan fingerprint density at radius 2 is 1.84 bits per heavy atom. The fourth-order valence-corrected chi connectivity index (χ4v) is 4.48. The monoisotopic (exact) mass is 439 g/mol. The van der Waals surface area contributed by atoms with Crippen molar-refractivity contribution >= 4 is 29.1 Å². The quantitative estimate of drug-likeness (QED) is 0.692. The number of ketones is 1. The van der Waals surface area contributed by atoms with Gasteiger partial charge in [0.05, 0.1) is 38.0 Å². The minimum atomic E-state index is -0.721. The van der Waals surface area contributed by atoms with E-state index in [0.29, 0.717) is 56.8 Å². The highest BCUT2D eigenvalue weighted by molar-refractivity contribution is 6.32. The summed E-state index contributed by atoms with van der Waals surface area (Å²) in [6, 6.07) is 10.7. The molecular formula is C24H22ClNO5. The number of carbonyl (C=O) groups excluding carboxylic acids is 2. The maximum absolute atomic E-state index is 13.5. The Bertz CT molecular complexity index is 1160. The molecule has 1 aliphatic heterocycles. The number of hydrogen-bond donors (Lipinski definition) is 1. The number of benzene rings is 2. The van der Waals surface area contributed by atoms with Crippen LogP contribution in [0.1, 0.15) is 41.3 Å². The van der Waals surface area contributed by atoms with Gasteiger partial charge in [-0.25, -0.2) is 4.79 Å². The Morgan fingerprint density at radius 3 is 2.48 bits per heavy atom. The van der Waals surface area contributed by atoms with Crippen molar-refractivity contribution in [1.29, 1.82) is 0 Å². The van der Waals surface area contributed by atoms with Gasteiger partial charge in [0.2, 0.25) is 0 Å². The average molecular weight is 440 g/mol. The van der Waals surface area contributed by atoms with Crippen LogP contribution in [-0.4, -0.2) is 32.6 Å². The van der Waals surface area contributed by atoms with E-state index in [1.54, 1.807) is 25.1 Å². The van der Waals surface area contributed by atoms with Gasteiger partial charge in [-0.3, -0.25) is 4.79 Å². The standard InChI is InChI=1S/C24H22ClNO5/c1-5-31-18-10-15(16(25)11-17(18)29-3)20-19(24(28)30-4)12(2)26-22-13-8-6-7-9-14(13)23(27)21(20)22/h6-11,20,26H,5H2,1-4H3. The second kappa shape index (κ2) is 8.12. The second-order valence-electron chi connectivity index (χ2n) is 7.21. The summed E-state index contributed by atoms with van der Waals surface area (Å²) < 4.78 is 16.2. The van der Waals surface area contributed by atoms with Crippen LogP contribution < -0.4 is 14.8 Å². The highest BCUT2D eigenvalue weighted by Crippen LogP contribution is 2.49. The number of methoxy groups -OCH3 is 2. The number of fused-ring (bicyclic) bond motifs is 2. The number of halogens is 1. The Balaban J connectivity index is 1.99. The number of hydrogen-bond acceptors (Lipinski definition) is 6. The molecule has 0 fully saturated rings. The summed E-state index contributed by atoms with van der Waals surface area (Å²) in [6.45, 7) is 4.07. The van der Waals surface area contributed by atoms with Gasteiger partial charge in [0, 0.05) is 33.5 Å². The number of carbonyl (C=O) groups is 2. The van der Waals surface area contributed by atoms with E-state index in [4.69, 9.17) is 25.8 Å². The first-order valence-electron chi connectivity index (χ1n) is 9.87. The molecule has 1 heterocycles. The molecule has 0 radical (unpaired) electrons. The fraction of sp³-hybridized carbons (Fsp3) is 0.250. The molecule has 0 amide bonds. The third kappa shape index (κ3) is 3.27. The van der Waals surface area contributed by atoms with Crippen LogP contribution in [0.15, 0.2) is 53.2 Å². The summed E-state index contributed by atoms with van der Waals surface area (Å²) in [6.07, 6.45) is 0. The van der Waals surface area contributed by atoms with Gasteiger partial charge in [-0.15, -0.1) is 0 Å². The normalized spacial score (nSPS) is 17.2. The van der Waals surface area contributed by atoms with Crippen LogP contribution in [0.5, 0.6) is 11.5 Å². The molecule has 2 aromatic carbocycles. The van der Waals surface area contributed by atoms with Crippen molar-refractivity contribution in [1.82, 2.24) is 5.32 Å². The van der Waals surface area contributed by atoms with Crippen molar-refractivity contribution in [2.75, 3.05) is 20.8 Å². The van der Waals surface area contributed by atoms with Crippen LogP contribution >= 0.6 is 11.6 Å². The van der Waals surface area contributed by atoms with Crippen LogP contribution in [0.25, 0.3) is 5.70 Å². The average Bonchev–Trinajstić information content (AvgIpc) is 3.05. The highest BCUT2D eigenvalue weighted by Gasteiger charge is 2.43. The maximum Gasteiger partial charge on any atom is 0.336 e. The van der Waals surface area contributed by atoms with Crippen molar-refractivity contribution in [2.24, 2.45) is 0 Å². The zero-order valence-corrected chi connectivity index (χ0v) is 18.4. The molecule has 1 N–H and O–H groups in total. The van der Waals surface area contributed by atoms with Gasteiger partial charge in [-0.2, -0.15) is 0 Å². The van der Waals surface area contributed by atoms with Gasteiger partial charge in [0.25, 0.3) is 0 Å². The van der Waals surface area contributed by atoms with Gasteiger partial charge in [0.15, 0.2) is 17.3 Å². The van der Waals surface area contributed by atoms with Gasteiger partial charge in [0.1, 0.15) is 0 Å². The third-order valence-electron chi connectivity index (χ3n) is 5.55. The summed E-state index contributed by atoms with van der Waals surface area (Å²) in [5.41, 5.74) is 4.02. The first-order valence-corrected chi connectivity index (χ1v) is 10.2. The van der Waals surface area contributed by atoms with Gasteiger partial charge >= 0.3 is 5.97 Å². The zero-order chi connectivity index (χ0) is 22.3. The maximum atomic E-state index is 13.5. The molecule has 7 heteroatoms. The van der Waals surface area contributed by atoms with E-state index in [1.165, 1.54) is 14.2 Å². The molecule has 4 rings (SSSR count). The predicted molar refractivity (Wildman–Crippen MR) is 117 cm³/mol. The van der Waals surface area contributed by atoms with Crippen molar-refractivity contribution in [3.8, 4) is 11.5 Å². The molecule has 1 atom stereocenters.